The summed E-state index contributed by atoms with van der Waals surface area (Å²) >= 11 is 0. The van der Waals surface area contributed by atoms with E-state index in [1.807, 2.05) is 11.0 Å². The second kappa shape index (κ2) is 6.90. The molecule has 0 unspecified atom stereocenters. The molecule has 3 heterocycles. The number of ether oxygens (including phenoxy) is 1. The van der Waals surface area contributed by atoms with Crippen molar-refractivity contribution in [2.75, 3.05) is 13.1 Å². The van der Waals surface area contributed by atoms with Crippen molar-refractivity contribution in [3.05, 3.63) is 47.8 Å². The van der Waals surface area contributed by atoms with Gasteiger partial charge in [0.1, 0.15) is 11.3 Å². The van der Waals surface area contributed by atoms with Crippen LogP contribution in [-0.4, -0.2) is 51.2 Å². The van der Waals surface area contributed by atoms with Gasteiger partial charge >= 0.3 is 6.03 Å². The predicted molar refractivity (Wildman–Crippen MR) is 107 cm³/mol. The SMILES string of the molecule is Cn1ncc2c1C(=O)CC1(CCN(C(=O)NC3CC(c4ccccc4)C3)CC1)O2. The Morgan fingerprint density at radius 2 is 1.93 bits per heavy atom. The van der Waals surface area contributed by atoms with E-state index in [2.05, 4.69) is 34.7 Å². The van der Waals surface area contributed by atoms with Crippen molar-refractivity contribution in [3.8, 4) is 5.75 Å². The molecule has 0 bridgehead atoms. The number of piperidine rings is 1. The molecule has 29 heavy (non-hydrogen) atoms. The van der Waals surface area contributed by atoms with Crippen LogP contribution >= 0.6 is 0 Å². The number of likely N-dealkylation sites (tertiary alicyclic amines) is 1. The Morgan fingerprint density at radius 3 is 2.66 bits per heavy atom. The smallest absolute Gasteiger partial charge is 0.317 e. The molecular weight excluding hydrogens is 368 g/mol. The van der Waals surface area contributed by atoms with Crippen LogP contribution in [0.4, 0.5) is 4.79 Å². The van der Waals surface area contributed by atoms with Crippen LogP contribution in [0.25, 0.3) is 0 Å². The summed E-state index contributed by atoms with van der Waals surface area (Å²) in [6.45, 7) is 1.20. The number of aryl methyl sites for hydroxylation is 1. The predicted octanol–water partition coefficient (Wildman–Crippen LogP) is 2.88. The molecule has 0 atom stereocenters. The summed E-state index contributed by atoms with van der Waals surface area (Å²) in [6, 6.07) is 10.7. The number of amides is 2. The second-order valence-electron chi connectivity index (χ2n) is 8.58. The highest BCUT2D eigenvalue weighted by Crippen LogP contribution is 2.40. The fraction of sp³-hybridized carbons (Fsp3) is 0.500. The van der Waals surface area contributed by atoms with Crippen LogP contribution in [0.1, 0.15) is 54.1 Å². The fourth-order valence-corrected chi connectivity index (χ4v) is 4.85. The Bertz CT molecular complexity index is 925. The molecular formula is C22H26N4O3. The molecule has 7 heteroatoms. The quantitative estimate of drug-likeness (QED) is 0.850. The molecule has 3 aliphatic rings. The highest BCUT2D eigenvalue weighted by atomic mass is 16.5. The first-order valence-corrected chi connectivity index (χ1v) is 10.4. The van der Waals surface area contributed by atoms with Gasteiger partial charge < -0.3 is 15.0 Å². The van der Waals surface area contributed by atoms with E-state index in [-0.39, 0.29) is 17.9 Å². The average Bonchev–Trinajstić information content (AvgIpc) is 3.06. The van der Waals surface area contributed by atoms with Crippen molar-refractivity contribution >= 4 is 11.8 Å². The third kappa shape index (κ3) is 3.28. The van der Waals surface area contributed by atoms with Crippen molar-refractivity contribution in [2.24, 2.45) is 7.05 Å². The molecule has 1 N–H and O–H groups in total. The van der Waals surface area contributed by atoms with Crippen LogP contribution in [0.5, 0.6) is 5.75 Å². The number of nitrogens with one attached hydrogen (secondary N) is 1. The lowest BCUT2D eigenvalue weighted by Crippen LogP contribution is -2.56. The van der Waals surface area contributed by atoms with E-state index in [0.29, 0.717) is 49.7 Å². The first kappa shape index (κ1) is 18.2. The summed E-state index contributed by atoms with van der Waals surface area (Å²) in [5.74, 6) is 1.19. The minimum absolute atomic E-state index is 0.000523. The van der Waals surface area contributed by atoms with E-state index >= 15 is 0 Å². The van der Waals surface area contributed by atoms with Crippen LogP contribution < -0.4 is 10.1 Å². The number of nitrogens with zero attached hydrogens (tertiary/aromatic N) is 3. The van der Waals surface area contributed by atoms with Crippen LogP contribution in [0.15, 0.2) is 36.5 Å². The van der Waals surface area contributed by atoms with E-state index in [4.69, 9.17) is 4.74 Å². The van der Waals surface area contributed by atoms with Gasteiger partial charge in [-0.15, -0.1) is 0 Å². The van der Waals surface area contributed by atoms with Crippen molar-refractivity contribution < 1.29 is 14.3 Å². The van der Waals surface area contributed by atoms with Crippen molar-refractivity contribution in [2.45, 2.75) is 49.7 Å². The molecule has 1 spiro atoms. The zero-order chi connectivity index (χ0) is 20.0. The number of hydrogen-bond acceptors (Lipinski definition) is 4. The Hall–Kier alpha value is -2.83. The molecule has 1 aromatic carbocycles. The van der Waals surface area contributed by atoms with E-state index in [0.717, 1.165) is 12.8 Å². The van der Waals surface area contributed by atoms with Gasteiger partial charge in [-0.2, -0.15) is 5.10 Å². The molecule has 2 aliphatic heterocycles. The van der Waals surface area contributed by atoms with Crippen LogP contribution in [-0.2, 0) is 7.05 Å². The van der Waals surface area contributed by atoms with Gasteiger partial charge in [0.05, 0.1) is 12.6 Å². The molecule has 2 amide bonds. The van der Waals surface area contributed by atoms with Gasteiger partial charge in [-0.1, -0.05) is 30.3 Å². The van der Waals surface area contributed by atoms with E-state index in [1.54, 1.807) is 17.9 Å². The number of ketones is 1. The van der Waals surface area contributed by atoms with Crippen LogP contribution in [0.3, 0.4) is 0 Å². The molecule has 7 nitrogen and oxygen atoms in total. The number of fused-ring (bicyclic) bond motifs is 1. The molecule has 1 saturated carbocycles. The fourth-order valence-electron chi connectivity index (χ4n) is 4.85. The zero-order valence-corrected chi connectivity index (χ0v) is 16.6. The van der Waals surface area contributed by atoms with E-state index in [9.17, 15) is 9.59 Å². The Kier molecular flexibility index (Phi) is 4.33. The minimum atomic E-state index is -0.501. The van der Waals surface area contributed by atoms with Gasteiger partial charge in [0, 0.05) is 39.0 Å². The standard InChI is InChI=1S/C22H26N4O3/c1-25-20-18(27)13-22(29-19(20)14-23-25)7-9-26(10-8-22)21(28)24-17-11-16(12-17)15-5-3-2-4-6-15/h2-6,14,16-17H,7-13H2,1H3,(H,24,28). The van der Waals surface area contributed by atoms with Gasteiger partial charge in [-0.05, 0) is 24.3 Å². The van der Waals surface area contributed by atoms with Gasteiger partial charge in [-0.3, -0.25) is 9.48 Å². The molecule has 152 valence electrons. The first-order chi connectivity index (χ1) is 14.0. The number of benzene rings is 1. The first-order valence-electron chi connectivity index (χ1n) is 10.4. The van der Waals surface area contributed by atoms with E-state index in [1.165, 1.54) is 5.56 Å². The minimum Gasteiger partial charge on any atom is -0.483 e. The number of hydrogen-bond donors (Lipinski definition) is 1. The van der Waals surface area contributed by atoms with Crippen molar-refractivity contribution in [1.82, 2.24) is 20.0 Å². The van der Waals surface area contributed by atoms with Gasteiger partial charge in [0.25, 0.3) is 0 Å². The summed E-state index contributed by atoms with van der Waals surface area (Å²) in [6.07, 6.45) is 5.29. The highest BCUT2D eigenvalue weighted by molar-refractivity contribution is 5.98. The van der Waals surface area contributed by atoms with Gasteiger partial charge in [-0.25, -0.2) is 4.79 Å². The van der Waals surface area contributed by atoms with Crippen LogP contribution in [0.2, 0.25) is 0 Å². The third-order valence-electron chi connectivity index (χ3n) is 6.68. The molecule has 5 rings (SSSR count). The number of rotatable bonds is 2. The summed E-state index contributed by atoms with van der Waals surface area (Å²) in [5.41, 5.74) is 1.40. The Labute approximate surface area is 170 Å². The van der Waals surface area contributed by atoms with Gasteiger partial charge in [0.2, 0.25) is 0 Å². The lowest BCUT2D eigenvalue weighted by Gasteiger charge is -2.44. The zero-order valence-electron chi connectivity index (χ0n) is 16.6. The lowest BCUT2D eigenvalue weighted by atomic mass is 9.76. The topological polar surface area (TPSA) is 76.5 Å². The Balaban J connectivity index is 1.14. The number of aromatic nitrogens is 2. The van der Waals surface area contributed by atoms with Crippen LogP contribution in [0, 0.1) is 0 Å². The molecule has 1 saturated heterocycles. The maximum absolute atomic E-state index is 12.7. The lowest BCUT2D eigenvalue weighted by molar-refractivity contribution is -0.00159. The average molecular weight is 394 g/mol. The third-order valence-corrected chi connectivity index (χ3v) is 6.68. The number of carbonyl (C=O) groups is 2. The number of Topliss-reactive ketones (excluding diaryl/α,β-unsaturated/α-hetero) is 1. The summed E-state index contributed by atoms with van der Waals surface area (Å²) < 4.78 is 7.77. The highest BCUT2D eigenvalue weighted by Gasteiger charge is 2.45. The monoisotopic (exact) mass is 394 g/mol. The van der Waals surface area contributed by atoms with Crippen molar-refractivity contribution in [1.29, 1.82) is 0 Å². The van der Waals surface area contributed by atoms with Crippen molar-refractivity contribution in [3.63, 3.8) is 0 Å². The van der Waals surface area contributed by atoms with Gasteiger partial charge in [0.15, 0.2) is 11.5 Å². The molecule has 2 fully saturated rings. The molecule has 1 aliphatic carbocycles. The normalized spacial score (nSPS) is 25.1. The Morgan fingerprint density at radius 1 is 1.21 bits per heavy atom. The molecule has 0 radical (unpaired) electrons. The number of urea groups is 1. The molecule has 1 aromatic heterocycles. The maximum Gasteiger partial charge on any atom is 0.317 e. The molecule has 2 aromatic rings. The summed E-state index contributed by atoms with van der Waals surface area (Å²) in [4.78, 5) is 27.1. The second-order valence-corrected chi connectivity index (χ2v) is 8.58. The number of carbonyl (C=O) groups excluding carboxylic acids is 2. The summed E-state index contributed by atoms with van der Waals surface area (Å²) in [7, 11) is 1.76. The summed E-state index contributed by atoms with van der Waals surface area (Å²) in [5, 5.41) is 7.31. The largest absolute Gasteiger partial charge is 0.483 e. The maximum atomic E-state index is 12.7. The van der Waals surface area contributed by atoms with E-state index < -0.39 is 5.60 Å².